The third-order valence-electron chi connectivity index (χ3n) is 3.51. The summed E-state index contributed by atoms with van der Waals surface area (Å²) < 4.78 is 0. The maximum Gasteiger partial charge on any atom is 0.250 e. The highest BCUT2D eigenvalue weighted by Crippen LogP contribution is 2.17. The Morgan fingerprint density at radius 3 is 2.84 bits per heavy atom. The number of primary amides is 1. The van der Waals surface area contributed by atoms with Gasteiger partial charge in [-0.05, 0) is 12.0 Å². The number of carbonyl (C=O) groups excluding carboxylic acids is 1. The van der Waals surface area contributed by atoms with Gasteiger partial charge in [-0.2, -0.15) is 0 Å². The molecule has 102 valence electrons. The molecule has 2 rings (SSSR count). The molecular weight excluding hydrogens is 238 g/mol. The van der Waals surface area contributed by atoms with Crippen LogP contribution in [0.15, 0.2) is 36.5 Å². The molecule has 1 aliphatic heterocycles. The lowest BCUT2D eigenvalue weighted by Gasteiger charge is -2.35. The number of carbonyl (C=O) groups is 1. The summed E-state index contributed by atoms with van der Waals surface area (Å²) in [5.41, 5.74) is 6.99. The predicted octanol–water partition coefficient (Wildman–Crippen LogP) is 1.20. The Hall–Kier alpha value is -1.81. The average Bonchev–Trinajstić information content (AvgIpc) is 2.45. The van der Waals surface area contributed by atoms with Gasteiger partial charge in [-0.3, -0.25) is 4.79 Å². The van der Waals surface area contributed by atoms with E-state index in [4.69, 9.17) is 5.73 Å². The zero-order valence-corrected chi connectivity index (χ0v) is 11.3. The van der Waals surface area contributed by atoms with Gasteiger partial charge in [-0.25, -0.2) is 0 Å². The van der Waals surface area contributed by atoms with E-state index in [2.05, 4.69) is 17.1 Å². The van der Waals surface area contributed by atoms with E-state index in [-0.39, 0.29) is 5.91 Å². The van der Waals surface area contributed by atoms with Crippen LogP contribution in [0.5, 0.6) is 0 Å². The van der Waals surface area contributed by atoms with Crippen molar-refractivity contribution in [2.75, 3.05) is 19.6 Å². The number of piperazine rings is 1. The Kier molecular flexibility index (Phi) is 4.58. The molecule has 0 aliphatic carbocycles. The smallest absolute Gasteiger partial charge is 0.250 e. The summed E-state index contributed by atoms with van der Waals surface area (Å²) in [7, 11) is 0. The first kappa shape index (κ1) is 13.6. The lowest BCUT2D eigenvalue weighted by molar-refractivity contribution is -0.112. The number of rotatable bonds is 4. The fourth-order valence-corrected chi connectivity index (χ4v) is 2.39. The van der Waals surface area contributed by atoms with Crippen LogP contribution in [0.3, 0.4) is 0 Å². The van der Waals surface area contributed by atoms with Crippen LogP contribution in [0, 0.1) is 0 Å². The molecule has 1 saturated heterocycles. The van der Waals surface area contributed by atoms with Crippen LogP contribution in [-0.4, -0.2) is 36.5 Å². The molecule has 19 heavy (non-hydrogen) atoms. The fraction of sp³-hybridized carbons (Fsp3) is 0.400. The van der Waals surface area contributed by atoms with Crippen molar-refractivity contribution in [3.63, 3.8) is 0 Å². The Bertz CT molecular complexity index is 456. The van der Waals surface area contributed by atoms with Crippen molar-refractivity contribution in [3.8, 4) is 0 Å². The molecule has 0 aromatic heterocycles. The first-order chi connectivity index (χ1) is 9.22. The molecule has 0 radical (unpaired) electrons. The van der Waals surface area contributed by atoms with E-state index >= 15 is 0 Å². The van der Waals surface area contributed by atoms with Crippen molar-refractivity contribution in [2.45, 2.75) is 19.4 Å². The summed E-state index contributed by atoms with van der Waals surface area (Å²) in [6, 6.07) is 10.0. The fourth-order valence-electron chi connectivity index (χ4n) is 2.39. The van der Waals surface area contributed by atoms with Crippen LogP contribution in [-0.2, 0) is 4.79 Å². The molecule has 4 heteroatoms. The standard InChI is InChI=1S/C15H21N3O/c1-2-13-10-17-8-9-18(13)11-14(15(16)19)12-6-4-3-5-7-12/h3-7,11,13,17H,2,8-10H2,1H3,(H2,16,19). The molecule has 4 nitrogen and oxygen atoms in total. The minimum Gasteiger partial charge on any atom is -0.371 e. The van der Waals surface area contributed by atoms with Gasteiger partial charge in [0, 0.05) is 31.9 Å². The third-order valence-corrected chi connectivity index (χ3v) is 3.51. The van der Waals surface area contributed by atoms with E-state index in [9.17, 15) is 4.79 Å². The lowest BCUT2D eigenvalue weighted by Crippen LogP contribution is -2.48. The van der Waals surface area contributed by atoms with Crippen molar-refractivity contribution in [1.29, 1.82) is 0 Å². The molecule has 1 fully saturated rings. The van der Waals surface area contributed by atoms with Gasteiger partial charge in [0.2, 0.25) is 0 Å². The van der Waals surface area contributed by atoms with E-state index in [1.165, 1.54) is 0 Å². The van der Waals surface area contributed by atoms with Crippen molar-refractivity contribution < 1.29 is 4.79 Å². The van der Waals surface area contributed by atoms with Crippen LogP contribution < -0.4 is 11.1 Å². The topological polar surface area (TPSA) is 58.4 Å². The Morgan fingerprint density at radius 2 is 2.21 bits per heavy atom. The molecule has 1 aromatic rings. The highest BCUT2D eigenvalue weighted by molar-refractivity contribution is 6.18. The summed E-state index contributed by atoms with van der Waals surface area (Å²) in [5, 5.41) is 3.37. The Balaban J connectivity index is 2.28. The van der Waals surface area contributed by atoms with Crippen LogP contribution in [0.4, 0.5) is 0 Å². The highest BCUT2D eigenvalue weighted by Gasteiger charge is 2.19. The zero-order valence-electron chi connectivity index (χ0n) is 11.3. The maximum atomic E-state index is 11.7. The van der Waals surface area contributed by atoms with Gasteiger partial charge < -0.3 is 16.0 Å². The summed E-state index contributed by atoms with van der Waals surface area (Å²) >= 11 is 0. The Morgan fingerprint density at radius 1 is 1.47 bits per heavy atom. The number of amides is 1. The molecule has 0 saturated carbocycles. The van der Waals surface area contributed by atoms with Gasteiger partial charge in [0.15, 0.2) is 0 Å². The quantitative estimate of drug-likeness (QED) is 0.799. The van der Waals surface area contributed by atoms with Crippen molar-refractivity contribution in [1.82, 2.24) is 10.2 Å². The summed E-state index contributed by atoms with van der Waals surface area (Å²) in [4.78, 5) is 13.9. The second-order valence-corrected chi connectivity index (χ2v) is 4.78. The molecule has 1 aliphatic rings. The molecule has 1 heterocycles. The minimum atomic E-state index is -0.375. The lowest BCUT2D eigenvalue weighted by atomic mass is 10.1. The van der Waals surface area contributed by atoms with Gasteiger partial charge in [-0.1, -0.05) is 37.3 Å². The Labute approximate surface area is 114 Å². The molecule has 0 bridgehead atoms. The minimum absolute atomic E-state index is 0.375. The molecule has 1 aromatic carbocycles. The molecule has 1 atom stereocenters. The van der Waals surface area contributed by atoms with Gasteiger partial charge in [0.1, 0.15) is 0 Å². The van der Waals surface area contributed by atoms with Crippen LogP contribution in [0.25, 0.3) is 5.57 Å². The number of nitrogens with one attached hydrogen (secondary N) is 1. The van der Waals surface area contributed by atoms with Crippen LogP contribution in [0.1, 0.15) is 18.9 Å². The first-order valence-corrected chi connectivity index (χ1v) is 6.76. The van der Waals surface area contributed by atoms with Gasteiger partial charge >= 0.3 is 0 Å². The number of benzene rings is 1. The predicted molar refractivity (Wildman–Crippen MR) is 77.3 cm³/mol. The molecule has 1 amide bonds. The summed E-state index contributed by atoms with van der Waals surface area (Å²) in [5.74, 6) is -0.375. The van der Waals surface area contributed by atoms with Gasteiger partial charge in [0.05, 0.1) is 5.57 Å². The molecule has 0 spiro atoms. The summed E-state index contributed by atoms with van der Waals surface area (Å²) in [6.45, 7) is 4.95. The molecule has 1 unspecified atom stereocenters. The second-order valence-electron chi connectivity index (χ2n) is 4.78. The first-order valence-electron chi connectivity index (χ1n) is 6.76. The molecule has 3 N–H and O–H groups in total. The van der Waals surface area contributed by atoms with E-state index < -0.39 is 0 Å². The highest BCUT2D eigenvalue weighted by atomic mass is 16.1. The van der Waals surface area contributed by atoms with E-state index in [1.54, 1.807) is 0 Å². The zero-order chi connectivity index (χ0) is 13.7. The monoisotopic (exact) mass is 259 g/mol. The normalized spacial score (nSPS) is 20.4. The summed E-state index contributed by atoms with van der Waals surface area (Å²) in [6.07, 6.45) is 2.97. The van der Waals surface area contributed by atoms with E-state index in [0.717, 1.165) is 31.6 Å². The van der Waals surface area contributed by atoms with Crippen molar-refractivity contribution in [2.24, 2.45) is 5.73 Å². The van der Waals surface area contributed by atoms with Crippen molar-refractivity contribution in [3.05, 3.63) is 42.1 Å². The third kappa shape index (κ3) is 3.35. The number of hydrogen-bond acceptors (Lipinski definition) is 3. The van der Waals surface area contributed by atoms with Gasteiger partial charge in [0.25, 0.3) is 5.91 Å². The number of hydrogen-bond donors (Lipinski definition) is 2. The maximum absolute atomic E-state index is 11.7. The van der Waals surface area contributed by atoms with Gasteiger partial charge in [-0.15, -0.1) is 0 Å². The van der Waals surface area contributed by atoms with Crippen molar-refractivity contribution >= 4 is 11.5 Å². The average molecular weight is 259 g/mol. The van der Waals surface area contributed by atoms with Crippen LogP contribution >= 0.6 is 0 Å². The van der Waals surface area contributed by atoms with Crippen LogP contribution in [0.2, 0.25) is 0 Å². The SMILES string of the molecule is CCC1CNCCN1C=C(C(N)=O)c1ccccc1. The largest absolute Gasteiger partial charge is 0.371 e. The number of nitrogens with two attached hydrogens (primary N) is 1. The number of nitrogens with zero attached hydrogens (tertiary/aromatic N) is 1. The van der Waals surface area contributed by atoms with E-state index in [1.807, 2.05) is 36.5 Å². The van der Waals surface area contributed by atoms with E-state index in [0.29, 0.717) is 11.6 Å². The molecular formula is C15H21N3O. The second kappa shape index (κ2) is 6.38.